The number of hydrogen-bond donors (Lipinski definition) is 1. The molecule has 2 nitrogen and oxygen atoms in total. The first kappa shape index (κ1) is 11.3. The van der Waals surface area contributed by atoms with Crippen LogP contribution in [-0.4, -0.2) is 30.3 Å². The van der Waals surface area contributed by atoms with Gasteiger partial charge in [-0.15, -0.1) is 0 Å². The largest absolute Gasteiger partial charge is 0.373 e. The topological polar surface area (TPSA) is 35.2 Å². The maximum absolute atomic E-state index is 5.89. The van der Waals surface area contributed by atoms with Crippen LogP contribution in [-0.2, 0) is 4.74 Å². The summed E-state index contributed by atoms with van der Waals surface area (Å²) in [5.74, 6) is 2.28. The third kappa shape index (κ3) is 2.03. The van der Waals surface area contributed by atoms with Crippen molar-refractivity contribution in [1.29, 1.82) is 0 Å². The van der Waals surface area contributed by atoms with Crippen LogP contribution in [0.3, 0.4) is 0 Å². The zero-order chi connectivity index (χ0) is 9.95. The van der Waals surface area contributed by atoms with Gasteiger partial charge < -0.3 is 10.5 Å². The van der Waals surface area contributed by atoms with Gasteiger partial charge in [-0.2, -0.15) is 11.8 Å². The van der Waals surface area contributed by atoms with Crippen molar-refractivity contribution in [2.45, 2.75) is 32.8 Å². The molecule has 78 valence electrons. The Kier molecular flexibility index (Phi) is 3.66. The normalized spacial score (nSPS) is 33.2. The van der Waals surface area contributed by atoms with E-state index in [0.717, 1.165) is 12.4 Å². The smallest absolute Gasteiger partial charge is 0.0944 e. The summed E-state index contributed by atoms with van der Waals surface area (Å²) in [5, 5.41) is 0. The van der Waals surface area contributed by atoms with Gasteiger partial charge in [0, 0.05) is 18.9 Å². The van der Waals surface area contributed by atoms with E-state index >= 15 is 0 Å². The highest BCUT2D eigenvalue weighted by Gasteiger charge is 2.46. The molecule has 0 aromatic carbocycles. The van der Waals surface area contributed by atoms with E-state index in [1.807, 2.05) is 18.7 Å². The molecular weight excluding hydrogens is 182 g/mol. The minimum Gasteiger partial charge on any atom is -0.373 e. The SMILES string of the molecule is CCOC1(CN)CSCCC1(C)C. The highest BCUT2D eigenvalue weighted by atomic mass is 32.2. The van der Waals surface area contributed by atoms with Crippen molar-refractivity contribution in [1.82, 2.24) is 0 Å². The quantitative estimate of drug-likeness (QED) is 0.760. The third-order valence-corrected chi connectivity index (χ3v) is 4.35. The van der Waals surface area contributed by atoms with Crippen LogP contribution in [0.1, 0.15) is 27.2 Å². The van der Waals surface area contributed by atoms with Crippen molar-refractivity contribution < 1.29 is 4.74 Å². The van der Waals surface area contributed by atoms with E-state index in [-0.39, 0.29) is 11.0 Å². The van der Waals surface area contributed by atoms with Crippen molar-refractivity contribution >= 4 is 11.8 Å². The van der Waals surface area contributed by atoms with Gasteiger partial charge in [-0.25, -0.2) is 0 Å². The van der Waals surface area contributed by atoms with Crippen LogP contribution >= 0.6 is 11.8 Å². The fourth-order valence-electron chi connectivity index (χ4n) is 1.90. The fraction of sp³-hybridized carbons (Fsp3) is 1.00. The molecule has 1 atom stereocenters. The molecule has 0 radical (unpaired) electrons. The van der Waals surface area contributed by atoms with Crippen LogP contribution in [0, 0.1) is 5.41 Å². The fourth-order valence-corrected chi connectivity index (χ4v) is 3.62. The highest BCUT2D eigenvalue weighted by molar-refractivity contribution is 7.99. The molecule has 13 heavy (non-hydrogen) atoms. The summed E-state index contributed by atoms with van der Waals surface area (Å²) in [4.78, 5) is 0. The van der Waals surface area contributed by atoms with E-state index in [1.54, 1.807) is 0 Å². The second-order valence-corrected chi connectivity index (χ2v) is 5.42. The second kappa shape index (κ2) is 4.20. The lowest BCUT2D eigenvalue weighted by molar-refractivity contribution is -0.0993. The predicted octanol–water partition coefficient (Wildman–Crippen LogP) is 1.88. The minimum atomic E-state index is -0.0926. The molecule has 0 saturated carbocycles. The molecule has 2 N–H and O–H groups in total. The molecule has 1 heterocycles. The number of ether oxygens (including phenoxy) is 1. The van der Waals surface area contributed by atoms with Gasteiger partial charge in [-0.1, -0.05) is 13.8 Å². The molecule has 0 bridgehead atoms. The van der Waals surface area contributed by atoms with Crippen LogP contribution in [0.25, 0.3) is 0 Å². The molecule has 1 aliphatic rings. The van der Waals surface area contributed by atoms with E-state index in [4.69, 9.17) is 10.5 Å². The Labute approximate surface area is 85.6 Å². The first-order valence-corrected chi connectivity index (χ1v) is 6.15. The average Bonchev–Trinajstić information content (AvgIpc) is 2.09. The standard InChI is InChI=1S/C10H21NOS/c1-4-12-10(7-11)8-13-6-5-9(10,2)3/h4-8,11H2,1-3H3. The summed E-state index contributed by atoms with van der Waals surface area (Å²) in [5.41, 5.74) is 5.99. The van der Waals surface area contributed by atoms with Gasteiger partial charge in [-0.05, 0) is 24.5 Å². The number of hydrogen-bond acceptors (Lipinski definition) is 3. The molecule has 0 spiro atoms. The second-order valence-electron chi connectivity index (χ2n) is 4.32. The molecule has 0 aliphatic carbocycles. The van der Waals surface area contributed by atoms with Crippen LogP contribution in [0.4, 0.5) is 0 Å². The van der Waals surface area contributed by atoms with Crippen LogP contribution in [0.2, 0.25) is 0 Å². The van der Waals surface area contributed by atoms with E-state index in [9.17, 15) is 0 Å². The Morgan fingerprint density at radius 2 is 2.15 bits per heavy atom. The van der Waals surface area contributed by atoms with Gasteiger partial charge in [-0.3, -0.25) is 0 Å². The molecule has 1 unspecified atom stereocenters. The Balaban J connectivity index is 2.79. The lowest BCUT2D eigenvalue weighted by Gasteiger charge is -2.48. The zero-order valence-corrected chi connectivity index (χ0v) is 9.75. The third-order valence-electron chi connectivity index (χ3n) is 3.19. The minimum absolute atomic E-state index is 0.0926. The maximum atomic E-state index is 5.89. The number of nitrogens with two attached hydrogens (primary N) is 1. The van der Waals surface area contributed by atoms with Gasteiger partial charge in [0.25, 0.3) is 0 Å². The summed E-state index contributed by atoms with van der Waals surface area (Å²) in [6.45, 7) is 8.00. The first-order chi connectivity index (χ1) is 6.08. The molecule has 0 aromatic heterocycles. The summed E-state index contributed by atoms with van der Waals surface area (Å²) >= 11 is 1.96. The molecule has 1 rings (SSSR count). The monoisotopic (exact) mass is 203 g/mol. The Hall–Kier alpha value is 0.270. The van der Waals surface area contributed by atoms with Gasteiger partial charge in [0.15, 0.2) is 0 Å². The maximum Gasteiger partial charge on any atom is 0.0944 e. The molecular formula is C10H21NOS. The summed E-state index contributed by atoms with van der Waals surface area (Å²) in [6, 6.07) is 0. The van der Waals surface area contributed by atoms with Gasteiger partial charge >= 0.3 is 0 Å². The van der Waals surface area contributed by atoms with E-state index in [0.29, 0.717) is 6.54 Å². The van der Waals surface area contributed by atoms with Crippen LogP contribution < -0.4 is 5.73 Å². The van der Waals surface area contributed by atoms with Crippen LogP contribution in [0.15, 0.2) is 0 Å². The Bertz CT molecular complexity index is 168. The number of thioether (sulfide) groups is 1. The van der Waals surface area contributed by atoms with Crippen molar-refractivity contribution in [3.8, 4) is 0 Å². The summed E-state index contributed by atoms with van der Waals surface area (Å²) in [6.07, 6.45) is 1.20. The molecule has 3 heteroatoms. The summed E-state index contributed by atoms with van der Waals surface area (Å²) in [7, 11) is 0. The molecule has 1 saturated heterocycles. The lowest BCUT2D eigenvalue weighted by atomic mass is 9.73. The van der Waals surface area contributed by atoms with E-state index in [2.05, 4.69) is 13.8 Å². The Morgan fingerprint density at radius 1 is 1.46 bits per heavy atom. The molecule has 1 aliphatic heterocycles. The van der Waals surface area contributed by atoms with E-state index < -0.39 is 0 Å². The van der Waals surface area contributed by atoms with Gasteiger partial charge in [0.1, 0.15) is 0 Å². The summed E-state index contributed by atoms with van der Waals surface area (Å²) < 4.78 is 5.89. The predicted molar refractivity (Wildman–Crippen MR) is 59.1 cm³/mol. The van der Waals surface area contributed by atoms with Crippen molar-refractivity contribution in [2.75, 3.05) is 24.7 Å². The average molecular weight is 203 g/mol. The molecule has 0 aromatic rings. The Morgan fingerprint density at radius 3 is 2.62 bits per heavy atom. The van der Waals surface area contributed by atoms with Gasteiger partial charge in [0.2, 0.25) is 0 Å². The van der Waals surface area contributed by atoms with Crippen molar-refractivity contribution in [3.63, 3.8) is 0 Å². The number of rotatable bonds is 3. The lowest BCUT2D eigenvalue weighted by Crippen LogP contribution is -2.57. The molecule has 1 fully saturated rings. The van der Waals surface area contributed by atoms with Crippen LogP contribution in [0.5, 0.6) is 0 Å². The van der Waals surface area contributed by atoms with Crippen molar-refractivity contribution in [3.05, 3.63) is 0 Å². The van der Waals surface area contributed by atoms with Gasteiger partial charge in [0.05, 0.1) is 5.60 Å². The van der Waals surface area contributed by atoms with Crippen molar-refractivity contribution in [2.24, 2.45) is 11.1 Å². The molecule has 0 amide bonds. The zero-order valence-electron chi connectivity index (χ0n) is 8.93. The first-order valence-electron chi connectivity index (χ1n) is 5.00. The van der Waals surface area contributed by atoms with E-state index in [1.165, 1.54) is 12.2 Å². The highest BCUT2D eigenvalue weighted by Crippen LogP contribution is 2.44.